The van der Waals surface area contributed by atoms with Crippen molar-refractivity contribution in [1.82, 2.24) is 0 Å². The number of carbonyl (C=O) groups is 1. The first-order valence-electron chi connectivity index (χ1n) is 16.1. The summed E-state index contributed by atoms with van der Waals surface area (Å²) in [5, 5.41) is 9.71. The number of rotatable bonds is 18. The van der Waals surface area contributed by atoms with Gasteiger partial charge < -0.3 is 9.47 Å². The van der Waals surface area contributed by atoms with E-state index in [9.17, 15) is 10.1 Å². The van der Waals surface area contributed by atoms with E-state index in [1.54, 1.807) is 18.2 Å². The van der Waals surface area contributed by atoms with E-state index in [4.69, 9.17) is 9.47 Å². The van der Waals surface area contributed by atoms with E-state index in [0.29, 0.717) is 23.5 Å². The monoisotopic (exact) mass is 545 g/mol. The van der Waals surface area contributed by atoms with Gasteiger partial charge >= 0.3 is 5.97 Å². The van der Waals surface area contributed by atoms with Crippen LogP contribution >= 0.6 is 0 Å². The van der Waals surface area contributed by atoms with Crippen LogP contribution in [-0.2, 0) is 6.42 Å². The number of unbranched alkanes of at least 4 members (excludes halogenated alkanes) is 8. The Bertz CT molecular complexity index is 1030. The van der Waals surface area contributed by atoms with Gasteiger partial charge in [-0.15, -0.1) is 0 Å². The van der Waals surface area contributed by atoms with Gasteiger partial charge in [-0.2, -0.15) is 5.26 Å². The van der Waals surface area contributed by atoms with Gasteiger partial charge in [-0.1, -0.05) is 110 Å². The van der Waals surface area contributed by atoms with Gasteiger partial charge in [-0.25, -0.2) is 4.79 Å². The molecule has 4 heteroatoms. The molecule has 0 bridgehead atoms. The van der Waals surface area contributed by atoms with Crippen molar-refractivity contribution in [2.24, 2.45) is 11.8 Å². The summed E-state index contributed by atoms with van der Waals surface area (Å²) in [5.41, 5.74) is 2.01. The summed E-state index contributed by atoms with van der Waals surface area (Å²) in [6.45, 7) is 5.20. The van der Waals surface area contributed by atoms with Gasteiger partial charge in [0.15, 0.2) is 0 Å². The Labute approximate surface area is 243 Å². The molecule has 0 aromatic heterocycles. The largest absolute Gasteiger partial charge is 0.494 e. The summed E-state index contributed by atoms with van der Waals surface area (Å²) in [6.07, 6.45) is 21.8. The van der Waals surface area contributed by atoms with E-state index in [1.165, 1.54) is 96.3 Å². The fourth-order valence-corrected chi connectivity index (χ4v) is 5.87. The highest BCUT2D eigenvalue weighted by atomic mass is 16.5. The number of aryl methyl sites for hydroxylation is 1. The van der Waals surface area contributed by atoms with E-state index in [0.717, 1.165) is 36.0 Å². The van der Waals surface area contributed by atoms with Crippen molar-refractivity contribution >= 4 is 5.97 Å². The standard InChI is InChI=1S/C36H51NO3/c1-3-5-7-8-9-10-12-26-39-34-23-21-32(22-24-34)36(38)40-35-25-20-31(27-33(35)28-37)19-18-30-16-14-29(15-17-30)13-11-6-4-2/h20-25,27,29-30H,3-19,26H2,1-2H3. The average Bonchev–Trinajstić information content (AvgIpc) is 2.99. The second-order valence-electron chi connectivity index (χ2n) is 11.7. The Morgan fingerprint density at radius 3 is 2.10 bits per heavy atom. The van der Waals surface area contributed by atoms with Crippen LogP contribution in [0.2, 0.25) is 0 Å². The molecule has 0 N–H and O–H groups in total. The predicted molar refractivity (Wildman–Crippen MR) is 164 cm³/mol. The van der Waals surface area contributed by atoms with E-state index in [1.807, 2.05) is 24.3 Å². The molecule has 0 radical (unpaired) electrons. The van der Waals surface area contributed by atoms with Crippen LogP contribution in [-0.4, -0.2) is 12.6 Å². The predicted octanol–water partition coefficient (Wildman–Crippen LogP) is 10.2. The normalized spacial score (nSPS) is 16.8. The van der Waals surface area contributed by atoms with Crippen molar-refractivity contribution in [3.8, 4) is 17.6 Å². The number of carbonyl (C=O) groups excluding carboxylic acids is 1. The highest BCUT2D eigenvalue weighted by molar-refractivity contribution is 5.91. The van der Waals surface area contributed by atoms with Gasteiger partial charge in [0.1, 0.15) is 17.6 Å². The van der Waals surface area contributed by atoms with Crippen molar-refractivity contribution in [3.63, 3.8) is 0 Å². The summed E-state index contributed by atoms with van der Waals surface area (Å²) in [6, 6.07) is 15.0. The van der Waals surface area contributed by atoms with Crippen molar-refractivity contribution in [2.45, 2.75) is 123 Å². The molecular formula is C36H51NO3. The molecule has 0 amide bonds. The first-order chi connectivity index (χ1) is 19.6. The minimum atomic E-state index is -0.460. The molecule has 1 saturated carbocycles. The lowest BCUT2D eigenvalue weighted by atomic mass is 9.78. The highest BCUT2D eigenvalue weighted by Crippen LogP contribution is 2.34. The molecule has 4 nitrogen and oxygen atoms in total. The molecule has 2 aromatic carbocycles. The lowest BCUT2D eigenvalue weighted by Gasteiger charge is -2.28. The molecule has 2 aromatic rings. The summed E-state index contributed by atoms with van der Waals surface area (Å²) in [5.74, 6) is 2.34. The minimum absolute atomic E-state index is 0.322. The summed E-state index contributed by atoms with van der Waals surface area (Å²) in [7, 11) is 0. The third kappa shape index (κ3) is 11.4. The zero-order chi connectivity index (χ0) is 28.4. The lowest BCUT2D eigenvalue weighted by molar-refractivity contribution is 0.0734. The van der Waals surface area contributed by atoms with E-state index in [-0.39, 0.29) is 0 Å². The first-order valence-corrected chi connectivity index (χ1v) is 16.1. The van der Waals surface area contributed by atoms with Crippen molar-refractivity contribution in [1.29, 1.82) is 5.26 Å². The van der Waals surface area contributed by atoms with Gasteiger partial charge in [0.25, 0.3) is 0 Å². The number of esters is 1. The fraction of sp³-hybridized carbons (Fsp3) is 0.611. The van der Waals surface area contributed by atoms with Crippen LogP contribution in [0.3, 0.4) is 0 Å². The molecular weight excluding hydrogens is 494 g/mol. The van der Waals surface area contributed by atoms with Crippen LogP contribution in [0.5, 0.6) is 11.5 Å². The molecule has 1 aliphatic rings. The van der Waals surface area contributed by atoms with Gasteiger partial charge in [-0.3, -0.25) is 0 Å². The Hall–Kier alpha value is -2.80. The molecule has 0 spiro atoms. The molecule has 0 unspecified atom stereocenters. The third-order valence-electron chi connectivity index (χ3n) is 8.50. The molecule has 1 fully saturated rings. The third-order valence-corrected chi connectivity index (χ3v) is 8.50. The van der Waals surface area contributed by atoms with Crippen molar-refractivity contribution in [3.05, 3.63) is 59.2 Å². The Balaban J connectivity index is 1.40. The maximum atomic E-state index is 12.8. The van der Waals surface area contributed by atoms with Crippen molar-refractivity contribution in [2.75, 3.05) is 6.61 Å². The summed E-state index contributed by atoms with van der Waals surface area (Å²) >= 11 is 0. The zero-order valence-electron chi connectivity index (χ0n) is 25.1. The van der Waals surface area contributed by atoms with Crippen molar-refractivity contribution < 1.29 is 14.3 Å². The lowest BCUT2D eigenvalue weighted by Crippen LogP contribution is -2.15. The maximum absolute atomic E-state index is 12.8. The number of nitriles is 1. The topological polar surface area (TPSA) is 59.3 Å². The van der Waals surface area contributed by atoms with Crippen LogP contribution in [0.25, 0.3) is 0 Å². The molecule has 1 aliphatic carbocycles. The van der Waals surface area contributed by atoms with Crippen LogP contribution in [0.15, 0.2) is 42.5 Å². The van der Waals surface area contributed by atoms with Gasteiger partial charge in [0, 0.05) is 0 Å². The molecule has 0 saturated heterocycles. The quantitative estimate of drug-likeness (QED) is 0.106. The van der Waals surface area contributed by atoms with Gasteiger partial charge in [0.05, 0.1) is 17.7 Å². The SMILES string of the molecule is CCCCCCCCCOc1ccc(C(=O)Oc2ccc(CCC3CCC(CCCCC)CC3)cc2C#N)cc1. The smallest absolute Gasteiger partial charge is 0.343 e. The highest BCUT2D eigenvalue weighted by Gasteiger charge is 2.21. The van der Waals surface area contributed by atoms with Crippen LogP contribution in [0.1, 0.15) is 138 Å². The Morgan fingerprint density at radius 2 is 1.43 bits per heavy atom. The Morgan fingerprint density at radius 1 is 0.800 bits per heavy atom. The van der Waals surface area contributed by atoms with E-state index < -0.39 is 5.97 Å². The number of nitrogens with zero attached hydrogens (tertiary/aromatic N) is 1. The second-order valence-corrected chi connectivity index (χ2v) is 11.7. The van der Waals surface area contributed by atoms with E-state index in [2.05, 4.69) is 19.9 Å². The van der Waals surface area contributed by atoms with E-state index >= 15 is 0 Å². The first kappa shape index (κ1) is 31.7. The van der Waals surface area contributed by atoms with Crippen LogP contribution in [0.4, 0.5) is 0 Å². The molecule has 0 aliphatic heterocycles. The zero-order valence-corrected chi connectivity index (χ0v) is 25.1. The van der Waals surface area contributed by atoms with Gasteiger partial charge in [-0.05, 0) is 73.1 Å². The maximum Gasteiger partial charge on any atom is 0.343 e. The number of benzene rings is 2. The summed E-state index contributed by atoms with van der Waals surface area (Å²) in [4.78, 5) is 12.8. The minimum Gasteiger partial charge on any atom is -0.494 e. The second kappa shape index (κ2) is 18.5. The van der Waals surface area contributed by atoms with Crippen LogP contribution in [0, 0.1) is 23.2 Å². The number of hydrogen-bond acceptors (Lipinski definition) is 4. The summed E-state index contributed by atoms with van der Waals surface area (Å²) < 4.78 is 11.4. The fourth-order valence-electron chi connectivity index (χ4n) is 5.87. The molecule has 3 rings (SSSR count). The number of ether oxygens (including phenoxy) is 2. The van der Waals surface area contributed by atoms with Gasteiger partial charge in [0.2, 0.25) is 0 Å². The molecule has 0 atom stereocenters. The molecule has 40 heavy (non-hydrogen) atoms. The number of hydrogen-bond donors (Lipinski definition) is 0. The Kier molecular flexibility index (Phi) is 14.7. The molecule has 0 heterocycles. The molecule has 218 valence electrons. The van der Waals surface area contributed by atoms with Crippen LogP contribution < -0.4 is 9.47 Å². The average molecular weight is 546 g/mol.